The zero-order valence-corrected chi connectivity index (χ0v) is 36.5. The molecule has 0 saturated carbocycles. The van der Waals surface area contributed by atoms with Crippen molar-refractivity contribution < 1.29 is 18.9 Å². The van der Waals surface area contributed by atoms with Crippen LogP contribution in [0.1, 0.15) is 80.4 Å². The lowest BCUT2D eigenvalue weighted by Crippen LogP contribution is -2.49. The fraction of sp³-hybridized carbons (Fsp3) is 0.404. The molecule has 6 aromatic rings. The Kier molecular flexibility index (Phi) is 11.4. The van der Waals surface area contributed by atoms with Gasteiger partial charge in [-0.1, -0.05) is 38.1 Å². The first-order valence-corrected chi connectivity index (χ1v) is 21.9. The number of pyridine rings is 1. The van der Waals surface area contributed by atoms with Gasteiger partial charge in [0.25, 0.3) is 5.91 Å². The average Bonchev–Trinajstić information content (AvgIpc) is 3.97. The molecule has 63 heavy (non-hydrogen) atoms. The zero-order chi connectivity index (χ0) is 43.8. The predicted molar refractivity (Wildman–Crippen MR) is 242 cm³/mol. The lowest BCUT2D eigenvalue weighted by Gasteiger charge is -2.39. The van der Waals surface area contributed by atoms with Crippen molar-refractivity contribution in [3.8, 4) is 22.6 Å². The number of anilines is 3. The Balaban J connectivity index is 0.768. The van der Waals surface area contributed by atoms with Crippen molar-refractivity contribution in [1.29, 1.82) is 0 Å². The van der Waals surface area contributed by atoms with Gasteiger partial charge in [0.2, 0.25) is 5.91 Å². The van der Waals surface area contributed by atoms with E-state index in [-0.39, 0.29) is 35.0 Å². The number of amides is 4. The number of carbonyl (C=O) groups excluding carboxylic acids is 3. The summed E-state index contributed by atoms with van der Waals surface area (Å²) in [5.41, 5.74) is 7.80. The van der Waals surface area contributed by atoms with Gasteiger partial charge in [-0.15, -0.1) is 0 Å². The Morgan fingerprint density at radius 3 is 2.30 bits per heavy atom. The van der Waals surface area contributed by atoms with Crippen LogP contribution >= 0.6 is 0 Å². The molecule has 0 bridgehead atoms. The third-order valence-corrected chi connectivity index (χ3v) is 12.6. The van der Waals surface area contributed by atoms with Gasteiger partial charge < -0.3 is 24.6 Å². The van der Waals surface area contributed by atoms with Crippen LogP contribution in [-0.2, 0) is 10.2 Å². The Morgan fingerprint density at radius 1 is 0.873 bits per heavy atom. The highest BCUT2D eigenvalue weighted by Gasteiger charge is 2.28. The molecule has 0 aliphatic carbocycles. The van der Waals surface area contributed by atoms with E-state index in [1.165, 1.54) is 5.69 Å². The quantitative estimate of drug-likeness (QED) is 0.134. The summed E-state index contributed by atoms with van der Waals surface area (Å²) in [5, 5.41) is 9.44. The van der Waals surface area contributed by atoms with Crippen LogP contribution in [0.15, 0.2) is 77.7 Å². The normalized spacial score (nSPS) is 17.3. The second-order valence-electron chi connectivity index (χ2n) is 18.0. The molecular weight excluding hydrogens is 797 g/mol. The van der Waals surface area contributed by atoms with Gasteiger partial charge in [-0.3, -0.25) is 24.7 Å². The highest BCUT2D eigenvalue weighted by Crippen LogP contribution is 2.32. The summed E-state index contributed by atoms with van der Waals surface area (Å²) in [4.78, 5) is 68.1. The van der Waals surface area contributed by atoms with Gasteiger partial charge in [-0.05, 0) is 86.2 Å². The van der Waals surface area contributed by atoms with Crippen LogP contribution in [-0.4, -0.2) is 105 Å². The highest BCUT2D eigenvalue weighted by molar-refractivity contribution is 6.05. The van der Waals surface area contributed by atoms with Crippen LogP contribution in [0.25, 0.3) is 33.8 Å². The van der Waals surface area contributed by atoms with Crippen LogP contribution in [0.4, 0.5) is 22.0 Å². The maximum absolute atomic E-state index is 13.0. The molecule has 3 aliphatic rings. The van der Waals surface area contributed by atoms with Gasteiger partial charge in [0.1, 0.15) is 34.9 Å². The smallest absolute Gasteiger partial charge is 0.328 e. The van der Waals surface area contributed by atoms with Gasteiger partial charge in [0, 0.05) is 99.0 Å². The van der Waals surface area contributed by atoms with E-state index in [9.17, 15) is 14.4 Å². The zero-order valence-electron chi connectivity index (χ0n) is 36.5. The van der Waals surface area contributed by atoms with Crippen molar-refractivity contribution in [2.24, 2.45) is 5.92 Å². The molecule has 3 N–H and O–H groups in total. The first-order chi connectivity index (χ1) is 30.4. The second-order valence-corrected chi connectivity index (χ2v) is 18.0. The van der Waals surface area contributed by atoms with Gasteiger partial charge in [-0.25, -0.2) is 24.7 Å². The van der Waals surface area contributed by atoms with E-state index < -0.39 is 0 Å². The third-order valence-electron chi connectivity index (χ3n) is 12.6. The number of hydrogen-bond donors (Lipinski definition) is 3. The number of aromatic amines is 1. The van der Waals surface area contributed by atoms with Crippen molar-refractivity contribution in [1.82, 2.24) is 45.6 Å². The molecule has 0 spiro atoms. The number of aryl methyl sites for hydroxylation is 1. The number of piperidine rings is 1. The molecule has 3 saturated heterocycles. The molecular formula is C47H54N12O4. The standard InChI is InChI=1S/C47H54N12O4/c1-29-24-32(6-12-36(29)30(2)51-45(61)37-25-38(63-55-37)47(3,4)5)41-42-44(50-28-49-41)54-43(53-42)33-7-13-39(48-26-33)58-22-20-56(21-23-58)27-31-14-17-57(18-15-31)34-8-10-35(11-9-34)59-19-16-40(60)52-46(59)62/h6-13,24-26,28,30-31H,14-23,27H2,1-5H3,(H,51,61)(H,52,60,62)(H,49,50,53,54)/t30-/m1/s1. The lowest BCUT2D eigenvalue weighted by molar-refractivity contribution is -0.120. The number of aromatic nitrogens is 6. The Labute approximate surface area is 366 Å². The molecule has 4 aromatic heterocycles. The molecule has 16 nitrogen and oxygen atoms in total. The van der Waals surface area contributed by atoms with E-state index in [2.05, 4.69) is 75.8 Å². The summed E-state index contributed by atoms with van der Waals surface area (Å²) in [6.45, 7) is 17.4. The monoisotopic (exact) mass is 850 g/mol. The van der Waals surface area contributed by atoms with Crippen LogP contribution in [0.5, 0.6) is 0 Å². The van der Waals surface area contributed by atoms with Crippen molar-refractivity contribution in [2.45, 2.75) is 65.3 Å². The fourth-order valence-electron chi connectivity index (χ4n) is 8.83. The number of rotatable bonds is 10. The number of nitrogens with zero attached hydrogens (tertiary/aromatic N) is 9. The van der Waals surface area contributed by atoms with E-state index >= 15 is 0 Å². The second kappa shape index (κ2) is 17.2. The van der Waals surface area contributed by atoms with Gasteiger partial charge >= 0.3 is 6.03 Å². The number of urea groups is 1. The van der Waals surface area contributed by atoms with E-state index in [4.69, 9.17) is 14.5 Å². The third kappa shape index (κ3) is 8.98. The number of hydrogen-bond acceptors (Lipinski definition) is 12. The average molecular weight is 851 g/mol. The maximum Gasteiger partial charge on any atom is 0.328 e. The minimum Gasteiger partial charge on any atom is -0.372 e. The number of nitrogens with one attached hydrogen (secondary N) is 3. The minimum absolute atomic E-state index is 0.222. The van der Waals surface area contributed by atoms with Crippen molar-refractivity contribution in [2.75, 3.05) is 67.1 Å². The first-order valence-electron chi connectivity index (χ1n) is 21.9. The molecule has 3 aliphatic heterocycles. The van der Waals surface area contributed by atoms with Crippen molar-refractivity contribution in [3.05, 3.63) is 95.8 Å². The molecule has 4 amide bonds. The molecule has 7 heterocycles. The molecule has 0 unspecified atom stereocenters. The summed E-state index contributed by atoms with van der Waals surface area (Å²) in [5.74, 6) is 2.45. The van der Waals surface area contributed by atoms with E-state index in [0.29, 0.717) is 41.6 Å². The summed E-state index contributed by atoms with van der Waals surface area (Å²) >= 11 is 0. The Bertz CT molecular complexity index is 2620. The Hall–Kier alpha value is -6.68. The number of piperazine rings is 1. The molecule has 3 fully saturated rings. The number of H-pyrrole nitrogens is 1. The van der Waals surface area contributed by atoms with Crippen LogP contribution in [0, 0.1) is 12.8 Å². The number of fused-ring (bicyclic) bond motifs is 1. The molecule has 9 rings (SSSR count). The SMILES string of the molecule is Cc1cc(-c2ncnc3[nH]c(-c4ccc(N5CCN(CC6CCN(c7ccc(N8CCC(=O)NC8=O)cc7)CC6)CC5)nc4)nc23)ccc1[C@@H](C)NC(=O)c1cc(C(C)(C)C)on1. The number of benzene rings is 2. The molecule has 16 heteroatoms. The van der Waals surface area contributed by atoms with Crippen LogP contribution in [0.3, 0.4) is 0 Å². The minimum atomic E-state index is -0.354. The highest BCUT2D eigenvalue weighted by atomic mass is 16.5. The topological polar surface area (TPSA) is 182 Å². The summed E-state index contributed by atoms with van der Waals surface area (Å²) < 4.78 is 5.42. The maximum atomic E-state index is 13.0. The number of imide groups is 1. The van der Waals surface area contributed by atoms with Crippen LogP contribution in [0.2, 0.25) is 0 Å². The molecule has 1 atom stereocenters. The van der Waals surface area contributed by atoms with E-state index in [1.807, 2.05) is 65.1 Å². The van der Waals surface area contributed by atoms with Crippen LogP contribution < -0.4 is 25.3 Å². The van der Waals surface area contributed by atoms with Gasteiger partial charge in [0.15, 0.2) is 11.3 Å². The van der Waals surface area contributed by atoms with Gasteiger partial charge in [-0.2, -0.15) is 0 Å². The van der Waals surface area contributed by atoms with Crippen molar-refractivity contribution >= 4 is 46.2 Å². The molecule has 0 radical (unpaired) electrons. The molecule has 2 aromatic carbocycles. The Morgan fingerprint density at radius 2 is 1.62 bits per heavy atom. The van der Waals surface area contributed by atoms with E-state index in [1.54, 1.807) is 17.3 Å². The largest absolute Gasteiger partial charge is 0.372 e. The number of imidazole rings is 1. The summed E-state index contributed by atoms with van der Waals surface area (Å²) in [7, 11) is 0. The number of carbonyl (C=O) groups is 3. The molecule has 326 valence electrons. The fourth-order valence-corrected chi connectivity index (χ4v) is 8.83. The van der Waals surface area contributed by atoms with Crippen molar-refractivity contribution in [3.63, 3.8) is 0 Å². The first kappa shape index (κ1) is 41.7. The predicted octanol–water partition coefficient (Wildman–Crippen LogP) is 6.65. The summed E-state index contributed by atoms with van der Waals surface area (Å²) in [6, 6.07) is 19.4. The lowest BCUT2D eigenvalue weighted by atomic mass is 9.93. The van der Waals surface area contributed by atoms with Gasteiger partial charge in [0.05, 0.1) is 6.04 Å². The summed E-state index contributed by atoms with van der Waals surface area (Å²) in [6.07, 6.45) is 6.03. The van der Waals surface area contributed by atoms with E-state index in [0.717, 1.165) is 98.1 Å².